The Labute approximate surface area is 123 Å². The molecule has 20 heavy (non-hydrogen) atoms. The third-order valence-corrected chi connectivity index (χ3v) is 5.31. The van der Waals surface area contributed by atoms with E-state index in [1.807, 2.05) is 0 Å². The summed E-state index contributed by atoms with van der Waals surface area (Å²) >= 11 is 0. The number of hydrogen-bond acceptors (Lipinski definition) is 3. The van der Waals surface area contributed by atoms with Crippen LogP contribution in [0.2, 0.25) is 0 Å². The zero-order valence-electron chi connectivity index (χ0n) is 13.3. The van der Waals surface area contributed by atoms with Gasteiger partial charge in [-0.1, -0.05) is 13.8 Å². The van der Waals surface area contributed by atoms with Crippen LogP contribution in [0.5, 0.6) is 0 Å². The lowest BCUT2D eigenvalue weighted by Crippen LogP contribution is -2.47. The first-order valence-corrected chi connectivity index (χ1v) is 8.19. The summed E-state index contributed by atoms with van der Waals surface area (Å²) in [5, 5.41) is 3.19. The van der Waals surface area contributed by atoms with Crippen LogP contribution < -0.4 is 11.1 Å². The van der Waals surface area contributed by atoms with Gasteiger partial charge in [0.05, 0.1) is 0 Å². The predicted molar refractivity (Wildman–Crippen MR) is 82.3 cm³/mol. The van der Waals surface area contributed by atoms with Gasteiger partial charge in [0.25, 0.3) is 0 Å². The van der Waals surface area contributed by atoms with Crippen LogP contribution in [0.1, 0.15) is 39.5 Å². The number of nitrogens with zero attached hydrogens (tertiary/aromatic N) is 1. The molecule has 1 saturated carbocycles. The Morgan fingerprint density at radius 2 is 2.05 bits per heavy atom. The third-order valence-electron chi connectivity index (χ3n) is 5.31. The third kappa shape index (κ3) is 3.95. The van der Waals surface area contributed by atoms with Gasteiger partial charge in [-0.3, -0.25) is 4.79 Å². The molecule has 1 aliphatic carbocycles. The molecule has 2 rings (SSSR count). The van der Waals surface area contributed by atoms with Gasteiger partial charge in [0, 0.05) is 25.0 Å². The van der Waals surface area contributed by atoms with E-state index >= 15 is 0 Å². The molecule has 0 aromatic heterocycles. The van der Waals surface area contributed by atoms with Gasteiger partial charge in [0.15, 0.2) is 0 Å². The monoisotopic (exact) mass is 281 g/mol. The van der Waals surface area contributed by atoms with Crippen LogP contribution in [-0.4, -0.2) is 43.5 Å². The summed E-state index contributed by atoms with van der Waals surface area (Å²) in [6.07, 6.45) is 4.41. The lowest BCUT2D eigenvalue weighted by atomic mass is 9.72. The standard InChI is InChI=1S/C16H31N3O/c1-11-7-12(2)15(17)8-14(11)16(20)18-9-13-5-4-6-19(3)10-13/h11-15H,4-10,17H2,1-3H3,(H,18,20). The lowest BCUT2D eigenvalue weighted by Gasteiger charge is -2.36. The first-order chi connectivity index (χ1) is 9.47. The Morgan fingerprint density at radius 3 is 2.75 bits per heavy atom. The van der Waals surface area contributed by atoms with Gasteiger partial charge in [-0.05, 0) is 57.0 Å². The van der Waals surface area contributed by atoms with Crippen LogP contribution in [-0.2, 0) is 4.79 Å². The molecule has 2 aliphatic rings. The van der Waals surface area contributed by atoms with Crippen LogP contribution in [0.15, 0.2) is 0 Å². The molecule has 2 fully saturated rings. The van der Waals surface area contributed by atoms with Gasteiger partial charge in [-0.15, -0.1) is 0 Å². The number of carbonyl (C=O) groups is 1. The van der Waals surface area contributed by atoms with E-state index in [2.05, 4.69) is 31.1 Å². The van der Waals surface area contributed by atoms with Crippen molar-refractivity contribution >= 4 is 5.91 Å². The number of hydrogen-bond donors (Lipinski definition) is 2. The summed E-state index contributed by atoms with van der Waals surface area (Å²) in [5.41, 5.74) is 6.14. The van der Waals surface area contributed by atoms with Gasteiger partial charge in [0.1, 0.15) is 0 Å². The van der Waals surface area contributed by atoms with E-state index in [0.717, 1.165) is 25.9 Å². The molecule has 5 atom stereocenters. The maximum atomic E-state index is 12.4. The average Bonchev–Trinajstić information content (AvgIpc) is 2.40. The molecule has 1 aliphatic heterocycles. The first kappa shape index (κ1) is 15.8. The molecular weight excluding hydrogens is 250 g/mol. The van der Waals surface area contributed by atoms with E-state index in [4.69, 9.17) is 5.73 Å². The minimum atomic E-state index is 0.113. The number of rotatable bonds is 3. The van der Waals surface area contributed by atoms with E-state index < -0.39 is 0 Å². The Bertz CT molecular complexity index is 334. The fourth-order valence-electron chi connectivity index (χ4n) is 3.86. The van der Waals surface area contributed by atoms with E-state index in [1.54, 1.807) is 0 Å². The van der Waals surface area contributed by atoms with Gasteiger partial charge >= 0.3 is 0 Å². The molecule has 0 aromatic rings. The highest BCUT2D eigenvalue weighted by Gasteiger charge is 2.35. The zero-order valence-corrected chi connectivity index (χ0v) is 13.3. The van der Waals surface area contributed by atoms with Crippen molar-refractivity contribution in [3.05, 3.63) is 0 Å². The molecule has 0 spiro atoms. The van der Waals surface area contributed by atoms with E-state index in [1.165, 1.54) is 19.4 Å². The topological polar surface area (TPSA) is 58.4 Å². The van der Waals surface area contributed by atoms with Crippen molar-refractivity contribution in [3.63, 3.8) is 0 Å². The minimum absolute atomic E-state index is 0.113. The van der Waals surface area contributed by atoms with Gasteiger partial charge < -0.3 is 16.0 Å². The number of amides is 1. The summed E-state index contributed by atoms with van der Waals surface area (Å²) in [4.78, 5) is 14.8. The summed E-state index contributed by atoms with van der Waals surface area (Å²) in [5.74, 6) is 1.96. The van der Waals surface area contributed by atoms with Crippen molar-refractivity contribution < 1.29 is 4.79 Å². The van der Waals surface area contributed by atoms with E-state index in [0.29, 0.717) is 17.8 Å². The zero-order chi connectivity index (χ0) is 14.7. The largest absolute Gasteiger partial charge is 0.356 e. The lowest BCUT2D eigenvalue weighted by molar-refractivity contribution is -0.128. The maximum Gasteiger partial charge on any atom is 0.223 e. The molecule has 3 N–H and O–H groups in total. The second-order valence-electron chi connectivity index (χ2n) is 7.21. The molecule has 0 aromatic carbocycles. The predicted octanol–water partition coefficient (Wildman–Crippen LogP) is 1.45. The molecule has 4 nitrogen and oxygen atoms in total. The van der Waals surface area contributed by atoms with Crippen molar-refractivity contribution in [2.75, 3.05) is 26.7 Å². The minimum Gasteiger partial charge on any atom is -0.356 e. The highest BCUT2D eigenvalue weighted by molar-refractivity contribution is 5.79. The van der Waals surface area contributed by atoms with E-state index in [9.17, 15) is 4.79 Å². The smallest absolute Gasteiger partial charge is 0.223 e. The molecule has 1 heterocycles. The van der Waals surface area contributed by atoms with Crippen molar-refractivity contribution in [1.29, 1.82) is 0 Å². The molecule has 116 valence electrons. The summed E-state index contributed by atoms with van der Waals surface area (Å²) in [7, 11) is 2.16. The molecule has 0 bridgehead atoms. The number of nitrogens with two attached hydrogens (primary N) is 1. The van der Waals surface area contributed by atoms with Crippen molar-refractivity contribution in [1.82, 2.24) is 10.2 Å². The summed E-state index contributed by atoms with van der Waals surface area (Å²) < 4.78 is 0. The normalized spacial score (nSPS) is 39.5. The molecular formula is C16H31N3O. The average molecular weight is 281 g/mol. The quantitative estimate of drug-likeness (QED) is 0.823. The van der Waals surface area contributed by atoms with Crippen LogP contribution in [0.25, 0.3) is 0 Å². The Hall–Kier alpha value is -0.610. The fourth-order valence-corrected chi connectivity index (χ4v) is 3.86. The molecule has 4 heteroatoms. The molecule has 1 saturated heterocycles. The second kappa shape index (κ2) is 6.90. The summed E-state index contributed by atoms with van der Waals surface area (Å²) in [6, 6.07) is 0.183. The van der Waals surface area contributed by atoms with Crippen LogP contribution in [0, 0.1) is 23.7 Å². The first-order valence-electron chi connectivity index (χ1n) is 8.19. The molecule has 1 amide bonds. The van der Waals surface area contributed by atoms with Crippen LogP contribution in [0.3, 0.4) is 0 Å². The Kier molecular flexibility index (Phi) is 5.44. The molecule has 5 unspecified atom stereocenters. The SMILES string of the molecule is CC1CC(C)C(C(=O)NCC2CCCN(C)C2)CC1N. The molecule has 0 radical (unpaired) electrons. The van der Waals surface area contributed by atoms with Gasteiger partial charge in [0.2, 0.25) is 5.91 Å². The van der Waals surface area contributed by atoms with Crippen molar-refractivity contribution in [2.45, 2.75) is 45.6 Å². The number of nitrogens with one attached hydrogen (secondary N) is 1. The van der Waals surface area contributed by atoms with Crippen LogP contribution >= 0.6 is 0 Å². The van der Waals surface area contributed by atoms with Gasteiger partial charge in [-0.25, -0.2) is 0 Å². The Morgan fingerprint density at radius 1 is 1.30 bits per heavy atom. The van der Waals surface area contributed by atoms with Crippen LogP contribution in [0.4, 0.5) is 0 Å². The van der Waals surface area contributed by atoms with Crippen molar-refractivity contribution in [2.24, 2.45) is 29.4 Å². The fraction of sp³-hybridized carbons (Fsp3) is 0.938. The number of carbonyl (C=O) groups excluding carboxylic acids is 1. The van der Waals surface area contributed by atoms with Gasteiger partial charge in [-0.2, -0.15) is 0 Å². The number of piperidine rings is 1. The van der Waals surface area contributed by atoms with E-state index in [-0.39, 0.29) is 17.9 Å². The number of likely N-dealkylation sites (tertiary alicyclic amines) is 1. The highest BCUT2D eigenvalue weighted by atomic mass is 16.1. The maximum absolute atomic E-state index is 12.4. The van der Waals surface area contributed by atoms with Crippen molar-refractivity contribution in [3.8, 4) is 0 Å². The Balaban J connectivity index is 1.79. The second-order valence-corrected chi connectivity index (χ2v) is 7.21. The summed E-state index contributed by atoms with van der Waals surface area (Å²) in [6.45, 7) is 7.53. The highest BCUT2D eigenvalue weighted by Crippen LogP contribution is 2.33.